The predicted octanol–water partition coefficient (Wildman–Crippen LogP) is -3.08. The standard InChI is InChI=1S/C7H16N2O2.2ClH/c1-9(2,3)5-6(8)4-7(10)11;;/h6H,4-5,8H2,1-3H3;2*1H/t6-;;/m1../s1. The zero-order chi connectivity index (χ0) is 9.07. The zero-order valence-electron chi connectivity index (χ0n) is 8.16. The highest BCUT2D eigenvalue weighted by Gasteiger charge is 2.16. The van der Waals surface area contributed by atoms with Crippen molar-refractivity contribution in [2.75, 3.05) is 27.7 Å². The summed E-state index contributed by atoms with van der Waals surface area (Å²) in [6.07, 6.45) is 0.0511. The number of carbonyl (C=O) groups is 1. The Morgan fingerprint density at radius 1 is 1.46 bits per heavy atom. The van der Waals surface area contributed by atoms with E-state index in [9.17, 15) is 4.79 Å². The van der Waals surface area contributed by atoms with Gasteiger partial charge in [0.2, 0.25) is 0 Å². The second kappa shape index (κ2) is 7.38. The van der Waals surface area contributed by atoms with Gasteiger partial charge in [-0.05, 0) is 0 Å². The lowest BCUT2D eigenvalue weighted by Crippen LogP contribution is -3.00. The van der Waals surface area contributed by atoms with E-state index in [1.165, 1.54) is 0 Å². The Balaban J connectivity index is -0.000000500. The number of rotatable bonds is 4. The summed E-state index contributed by atoms with van der Waals surface area (Å²) in [6.45, 7) is 0.687. The molecule has 0 bridgehead atoms. The van der Waals surface area contributed by atoms with E-state index in [0.717, 1.165) is 0 Å². The Labute approximate surface area is 91.5 Å². The first-order valence-electron chi connectivity index (χ1n) is 3.59. The van der Waals surface area contributed by atoms with Crippen LogP contribution in [0, 0.1) is 0 Å². The fraction of sp³-hybridized carbons (Fsp3) is 0.857. The first kappa shape index (κ1) is 18.7. The third kappa shape index (κ3) is 14.8. The third-order valence-electron chi connectivity index (χ3n) is 1.22. The monoisotopic (exact) mass is 232 g/mol. The molecule has 4 nitrogen and oxygen atoms in total. The molecule has 0 saturated heterocycles. The van der Waals surface area contributed by atoms with Gasteiger partial charge in [0.15, 0.2) is 0 Å². The fourth-order valence-electron chi connectivity index (χ4n) is 0.992. The van der Waals surface area contributed by atoms with Crippen LogP contribution in [0.5, 0.6) is 0 Å². The van der Waals surface area contributed by atoms with Crippen molar-refractivity contribution in [1.82, 2.24) is 0 Å². The van der Waals surface area contributed by atoms with Crippen molar-refractivity contribution in [2.24, 2.45) is 5.73 Å². The van der Waals surface area contributed by atoms with Gasteiger partial charge in [0, 0.05) is 0 Å². The lowest BCUT2D eigenvalue weighted by Gasteiger charge is -2.26. The molecule has 0 amide bonds. The molecule has 1 atom stereocenters. The van der Waals surface area contributed by atoms with E-state index in [4.69, 9.17) is 10.8 Å². The number of hydrogen-bond acceptors (Lipinski definition) is 2. The molecule has 82 valence electrons. The highest BCUT2D eigenvalue weighted by Crippen LogP contribution is 1.96. The van der Waals surface area contributed by atoms with Gasteiger partial charge in [-0.2, -0.15) is 0 Å². The molecule has 13 heavy (non-hydrogen) atoms. The Hall–Kier alpha value is -0.0300. The van der Waals surface area contributed by atoms with Gasteiger partial charge in [-0.3, -0.25) is 4.79 Å². The molecule has 0 radical (unpaired) electrons. The van der Waals surface area contributed by atoms with Crippen LogP contribution in [0.1, 0.15) is 6.42 Å². The fourth-order valence-corrected chi connectivity index (χ4v) is 0.992. The maximum atomic E-state index is 10.2. The SMILES string of the molecule is C[N+](C)(C)C[C@H](N)CC(=O)O.Cl.[Cl-]. The van der Waals surface area contributed by atoms with E-state index in [-0.39, 0.29) is 37.3 Å². The smallest absolute Gasteiger partial charge is 0.305 e. The molecule has 0 fully saturated rings. The van der Waals surface area contributed by atoms with Crippen molar-refractivity contribution in [3.05, 3.63) is 0 Å². The molecule has 0 aliphatic heterocycles. The van der Waals surface area contributed by atoms with Gasteiger partial charge >= 0.3 is 5.97 Å². The number of likely N-dealkylation sites (N-methyl/N-ethyl adjacent to an activating group) is 1. The van der Waals surface area contributed by atoms with Crippen molar-refractivity contribution in [1.29, 1.82) is 0 Å². The number of aliphatic carboxylic acids is 1. The summed E-state index contributed by atoms with van der Waals surface area (Å²) in [5.41, 5.74) is 5.56. The molecule has 3 N–H and O–H groups in total. The van der Waals surface area contributed by atoms with Crippen LogP contribution < -0.4 is 18.1 Å². The Morgan fingerprint density at radius 3 is 2.08 bits per heavy atom. The van der Waals surface area contributed by atoms with Crippen LogP contribution in [0.25, 0.3) is 0 Å². The summed E-state index contributed by atoms with van der Waals surface area (Å²) in [5.74, 6) is -0.828. The minimum absolute atomic E-state index is 0. The zero-order valence-corrected chi connectivity index (χ0v) is 9.73. The maximum Gasteiger partial charge on any atom is 0.305 e. The summed E-state index contributed by atoms with van der Waals surface area (Å²) >= 11 is 0. The van der Waals surface area contributed by atoms with Gasteiger partial charge in [-0.15, -0.1) is 12.4 Å². The van der Waals surface area contributed by atoms with Gasteiger partial charge < -0.3 is 27.7 Å². The van der Waals surface area contributed by atoms with E-state index in [0.29, 0.717) is 11.0 Å². The van der Waals surface area contributed by atoms with Crippen LogP contribution in [-0.2, 0) is 4.79 Å². The number of halogens is 2. The molecular formula is C7H18Cl2N2O2. The number of carboxylic acids is 1. The Kier molecular flexibility index (Phi) is 10.6. The predicted molar refractivity (Wildman–Crippen MR) is 50.4 cm³/mol. The molecule has 0 aromatic heterocycles. The van der Waals surface area contributed by atoms with E-state index in [1.54, 1.807) is 0 Å². The average Bonchev–Trinajstić information content (AvgIpc) is 1.53. The van der Waals surface area contributed by atoms with E-state index < -0.39 is 5.97 Å². The molecular weight excluding hydrogens is 215 g/mol. The van der Waals surface area contributed by atoms with E-state index in [1.807, 2.05) is 21.1 Å². The molecule has 0 aromatic carbocycles. The van der Waals surface area contributed by atoms with Crippen LogP contribution in [0.15, 0.2) is 0 Å². The van der Waals surface area contributed by atoms with Gasteiger partial charge in [0.25, 0.3) is 0 Å². The summed E-state index contributed by atoms with van der Waals surface area (Å²) < 4.78 is 0.703. The van der Waals surface area contributed by atoms with E-state index >= 15 is 0 Å². The summed E-state index contributed by atoms with van der Waals surface area (Å²) in [5, 5.41) is 8.39. The van der Waals surface area contributed by atoms with Crippen LogP contribution in [-0.4, -0.2) is 49.3 Å². The van der Waals surface area contributed by atoms with Gasteiger partial charge in [-0.1, -0.05) is 0 Å². The number of quaternary nitrogens is 1. The second-order valence-electron chi connectivity index (χ2n) is 3.83. The molecule has 0 saturated carbocycles. The lowest BCUT2D eigenvalue weighted by atomic mass is 10.2. The van der Waals surface area contributed by atoms with Crippen molar-refractivity contribution in [2.45, 2.75) is 12.5 Å². The van der Waals surface area contributed by atoms with Crippen LogP contribution in [0.4, 0.5) is 0 Å². The summed E-state index contributed by atoms with van der Waals surface area (Å²) in [4.78, 5) is 10.2. The lowest BCUT2D eigenvalue weighted by molar-refractivity contribution is -0.871. The molecule has 0 aliphatic rings. The van der Waals surface area contributed by atoms with Crippen LogP contribution >= 0.6 is 12.4 Å². The Bertz CT molecular complexity index is 148. The first-order chi connectivity index (χ1) is 4.81. The highest BCUT2D eigenvalue weighted by atomic mass is 35.5. The number of carboxylic acid groups (broad SMARTS) is 1. The van der Waals surface area contributed by atoms with Crippen LogP contribution in [0.3, 0.4) is 0 Å². The van der Waals surface area contributed by atoms with Crippen LogP contribution in [0.2, 0.25) is 0 Å². The number of hydrogen-bond donors (Lipinski definition) is 2. The van der Waals surface area contributed by atoms with Gasteiger partial charge in [-0.25, -0.2) is 0 Å². The molecule has 0 heterocycles. The molecule has 6 heteroatoms. The number of nitrogens with zero attached hydrogens (tertiary/aromatic N) is 1. The second-order valence-corrected chi connectivity index (χ2v) is 3.83. The molecule has 0 spiro atoms. The first-order valence-corrected chi connectivity index (χ1v) is 3.59. The molecule has 0 unspecified atom stereocenters. The molecule has 0 rings (SSSR count). The Morgan fingerprint density at radius 2 is 1.85 bits per heavy atom. The minimum atomic E-state index is -0.828. The largest absolute Gasteiger partial charge is 1.00 e. The maximum absolute atomic E-state index is 10.2. The van der Waals surface area contributed by atoms with E-state index in [2.05, 4.69) is 0 Å². The minimum Gasteiger partial charge on any atom is -1.00 e. The molecule has 0 aliphatic carbocycles. The van der Waals surface area contributed by atoms with Gasteiger partial charge in [0.05, 0.1) is 40.2 Å². The van der Waals surface area contributed by atoms with Crippen molar-refractivity contribution < 1.29 is 26.8 Å². The van der Waals surface area contributed by atoms with Crippen molar-refractivity contribution in [3.8, 4) is 0 Å². The van der Waals surface area contributed by atoms with Gasteiger partial charge in [0.1, 0.15) is 0 Å². The number of nitrogens with two attached hydrogens (primary N) is 1. The average molecular weight is 233 g/mol. The third-order valence-corrected chi connectivity index (χ3v) is 1.22. The highest BCUT2D eigenvalue weighted by molar-refractivity contribution is 5.85. The quantitative estimate of drug-likeness (QED) is 0.506. The summed E-state index contributed by atoms with van der Waals surface area (Å²) in [6, 6.07) is -0.243. The normalized spacial score (nSPS) is 12.3. The summed E-state index contributed by atoms with van der Waals surface area (Å²) in [7, 11) is 5.96. The van der Waals surface area contributed by atoms with Crippen molar-refractivity contribution >= 4 is 18.4 Å². The van der Waals surface area contributed by atoms with Crippen molar-refractivity contribution in [3.63, 3.8) is 0 Å². The topological polar surface area (TPSA) is 63.3 Å². The molecule has 0 aromatic rings.